The van der Waals surface area contributed by atoms with Crippen molar-refractivity contribution in [2.75, 3.05) is 0 Å². The summed E-state index contributed by atoms with van der Waals surface area (Å²) in [4.78, 5) is 4.24. The maximum Gasteiger partial charge on any atom is 0.232 e. The minimum absolute atomic E-state index is 0.314. The highest BCUT2D eigenvalue weighted by molar-refractivity contribution is 5.45. The average Bonchev–Trinajstić information content (AvgIpc) is 3.17. The Bertz CT molecular complexity index is 665. The molecule has 3 rings (SSSR count). The fraction of sp³-hybridized carbons (Fsp3) is 0.231. The molecule has 2 atom stereocenters. The molecule has 0 saturated carbocycles. The first-order valence-electron chi connectivity index (χ1n) is 6.18. The van der Waals surface area contributed by atoms with Crippen LogP contribution >= 0.6 is 0 Å². The van der Waals surface area contributed by atoms with Crippen molar-refractivity contribution in [3.63, 3.8) is 0 Å². The van der Waals surface area contributed by atoms with Crippen molar-refractivity contribution in [1.82, 2.24) is 25.6 Å². The minimum Gasteiger partial charge on any atom is -0.388 e. The van der Waals surface area contributed by atoms with Crippen LogP contribution in [-0.2, 0) is 0 Å². The molecule has 2 heterocycles. The van der Waals surface area contributed by atoms with Gasteiger partial charge in [0.25, 0.3) is 0 Å². The number of hydrogen-bond donors (Lipinski definition) is 2. The van der Waals surface area contributed by atoms with Crippen molar-refractivity contribution >= 4 is 0 Å². The lowest BCUT2D eigenvalue weighted by molar-refractivity contribution is 0.135. The Hall–Kier alpha value is -2.54. The SMILES string of the molecule is CC(c1nc(-c2cn[nH]n2)no1)C(O)c1ccccc1. The van der Waals surface area contributed by atoms with E-state index in [9.17, 15) is 5.11 Å². The van der Waals surface area contributed by atoms with Gasteiger partial charge in [0.1, 0.15) is 0 Å². The standard InChI is InChI=1S/C13H13N5O2/c1-8(11(19)9-5-3-2-4-6-9)13-15-12(17-20-13)10-7-14-18-16-10/h2-8,11,19H,1H3,(H,14,16,18). The normalized spacial score (nSPS) is 14.1. The van der Waals surface area contributed by atoms with Crippen molar-refractivity contribution in [3.05, 3.63) is 48.0 Å². The molecule has 0 saturated heterocycles. The van der Waals surface area contributed by atoms with E-state index in [1.807, 2.05) is 37.3 Å². The molecule has 20 heavy (non-hydrogen) atoms. The summed E-state index contributed by atoms with van der Waals surface area (Å²) in [6, 6.07) is 9.36. The Kier molecular flexibility index (Phi) is 3.26. The zero-order valence-electron chi connectivity index (χ0n) is 10.8. The molecular formula is C13H13N5O2. The van der Waals surface area contributed by atoms with Crippen LogP contribution in [0.4, 0.5) is 0 Å². The number of aromatic nitrogens is 5. The second-order valence-electron chi connectivity index (χ2n) is 4.46. The van der Waals surface area contributed by atoms with Gasteiger partial charge >= 0.3 is 0 Å². The Morgan fingerprint density at radius 1 is 1.25 bits per heavy atom. The highest BCUT2D eigenvalue weighted by Crippen LogP contribution is 2.30. The zero-order valence-corrected chi connectivity index (χ0v) is 10.8. The van der Waals surface area contributed by atoms with Crippen LogP contribution < -0.4 is 0 Å². The molecule has 1 aromatic carbocycles. The van der Waals surface area contributed by atoms with Crippen molar-refractivity contribution in [3.8, 4) is 11.5 Å². The van der Waals surface area contributed by atoms with Gasteiger partial charge in [-0.15, -0.1) is 0 Å². The van der Waals surface area contributed by atoms with E-state index in [0.29, 0.717) is 17.4 Å². The molecule has 0 aliphatic rings. The van der Waals surface area contributed by atoms with Gasteiger partial charge in [0.05, 0.1) is 18.2 Å². The average molecular weight is 271 g/mol. The molecule has 0 bridgehead atoms. The molecule has 7 heteroatoms. The van der Waals surface area contributed by atoms with Crippen LogP contribution in [0, 0.1) is 0 Å². The third-order valence-electron chi connectivity index (χ3n) is 3.09. The molecule has 0 amide bonds. The lowest BCUT2D eigenvalue weighted by Gasteiger charge is -2.15. The van der Waals surface area contributed by atoms with Gasteiger partial charge in [0, 0.05) is 0 Å². The molecule has 0 radical (unpaired) electrons. The molecule has 2 aromatic heterocycles. The molecule has 102 valence electrons. The highest BCUT2D eigenvalue weighted by atomic mass is 16.5. The minimum atomic E-state index is -0.707. The van der Waals surface area contributed by atoms with Gasteiger partial charge in [0.2, 0.25) is 11.7 Å². The quantitative estimate of drug-likeness (QED) is 0.748. The number of nitrogens with zero attached hydrogens (tertiary/aromatic N) is 4. The predicted molar refractivity (Wildman–Crippen MR) is 69.5 cm³/mol. The molecule has 0 aliphatic carbocycles. The molecule has 0 spiro atoms. The number of aromatic amines is 1. The molecule has 0 fully saturated rings. The summed E-state index contributed by atoms with van der Waals surface area (Å²) in [6.45, 7) is 1.83. The van der Waals surface area contributed by atoms with Crippen LogP contribution in [0.3, 0.4) is 0 Å². The summed E-state index contributed by atoms with van der Waals surface area (Å²) in [5.41, 5.74) is 1.31. The summed E-state index contributed by atoms with van der Waals surface area (Å²) in [5, 5.41) is 24.2. The summed E-state index contributed by atoms with van der Waals surface area (Å²) < 4.78 is 5.19. The van der Waals surface area contributed by atoms with E-state index in [2.05, 4.69) is 25.6 Å². The van der Waals surface area contributed by atoms with Crippen LogP contribution in [-0.4, -0.2) is 30.7 Å². The number of H-pyrrole nitrogens is 1. The maximum atomic E-state index is 10.3. The van der Waals surface area contributed by atoms with E-state index in [1.165, 1.54) is 6.20 Å². The van der Waals surface area contributed by atoms with Gasteiger partial charge in [-0.25, -0.2) is 0 Å². The first kappa shape index (κ1) is 12.5. The van der Waals surface area contributed by atoms with E-state index in [0.717, 1.165) is 5.56 Å². The van der Waals surface area contributed by atoms with Crippen molar-refractivity contribution < 1.29 is 9.63 Å². The summed E-state index contributed by atoms with van der Waals surface area (Å²) in [6.07, 6.45) is 0.800. The van der Waals surface area contributed by atoms with Gasteiger partial charge in [-0.2, -0.15) is 20.4 Å². The van der Waals surface area contributed by atoms with Crippen LogP contribution in [0.1, 0.15) is 30.4 Å². The number of hydrogen-bond acceptors (Lipinski definition) is 6. The van der Waals surface area contributed by atoms with E-state index >= 15 is 0 Å². The smallest absolute Gasteiger partial charge is 0.232 e. The monoisotopic (exact) mass is 271 g/mol. The van der Waals surface area contributed by atoms with Gasteiger partial charge in [-0.05, 0) is 5.56 Å². The molecule has 2 unspecified atom stereocenters. The van der Waals surface area contributed by atoms with E-state index in [4.69, 9.17) is 4.52 Å². The fourth-order valence-electron chi connectivity index (χ4n) is 1.91. The van der Waals surface area contributed by atoms with Crippen molar-refractivity contribution in [2.45, 2.75) is 18.9 Å². The van der Waals surface area contributed by atoms with Gasteiger partial charge in [-0.3, -0.25) is 0 Å². The summed E-state index contributed by atoms with van der Waals surface area (Å²) in [5.74, 6) is 0.394. The lowest BCUT2D eigenvalue weighted by atomic mass is 9.97. The van der Waals surface area contributed by atoms with Crippen LogP contribution in [0.25, 0.3) is 11.5 Å². The second-order valence-corrected chi connectivity index (χ2v) is 4.46. The first-order chi connectivity index (χ1) is 9.75. The number of benzene rings is 1. The number of aliphatic hydroxyl groups is 1. The summed E-state index contributed by atoms with van der Waals surface area (Å²) in [7, 11) is 0. The molecule has 2 N–H and O–H groups in total. The van der Waals surface area contributed by atoms with E-state index in [1.54, 1.807) is 0 Å². The fourth-order valence-corrected chi connectivity index (χ4v) is 1.91. The highest BCUT2D eigenvalue weighted by Gasteiger charge is 2.24. The van der Waals surface area contributed by atoms with Gasteiger partial charge < -0.3 is 9.63 Å². The zero-order chi connectivity index (χ0) is 13.9. The Morgan fingerprint density at radius 2 is 2.05 bits per heavy atom. The Labute approximate surface area is 114 Å². The third kappa shape index (κ3) is 2.30. The maximum absolute atomic E-state index is 10.3. The topological polar surface area (TPSA) is 101 Å². The van der Waals surface area contributed by atoms with Crippen LogP contribution in [0.15, 0.2) is 41.1 Å². The van der Waals surface area contributed by atoms with Crippen LogP contribution in [0.5, 0.6) is 0 Å². The molecule has 0 aliphatic heterocycles. The molecule has 7 nitrogen and oxygen atoms in total. The van der Waals surface area contributed by atoms with Gasteiger partial charge in [-0.1, -0.05) is 42.4 Å². The van der Waals surface area contributed by atoms with Crippen LogP contribution in [0.2, 0.25) is 0 Å². The third-order valence-corrected chi connectivity index (χ3v) is 3.09. The van der Waals surface area contributed by atoms with E-state index in [-0.39, 0.29) is 5.92 Å². The number of nitrogens with one attached hydrogen (secondary N) is 1. The summed E-state index contributed by atoms with van der Waals surface area (Å²) >= 11 is 0. The molecular weight excluding hydrogens is 258 g/mol. The predicted octanol–water partition coefficient (Wildman–Crippen LogP) is 1.69. The second kappa shape index (κ2) is 5.22. The van der Waals surface area contributed by atoms with Crippen molar-refractivity contribution in [1.29, 1.82) is 0 Å². The first-order valence-corrected chi connectivity index (χ1v) is 6.18. The Morgan fingerprint density at radius 3 is 2.75 bits per heavy atom. The molecule has 3 aromatic rings. The Balaban J connectivity index is 1.82. The lowest BCUT2D eigenvalue weighted by Crippen LogP contribution is -2.07. The number of rotatable bonds is 4. The largest absolute Gasteiger partial charge is 0.388 e. The van der Waals surface area contributed by atoms with Gasteiger partial charge in [0.15, 0.2) is 5.69 Å². The number of aliphatic hydroxyl groups excluding tert-OH is 1. The van der Waals surface area contributed by atoms with Crippen molar-refractivity contribution in [2.24, 2.45) is 0 Å². The van der Waals surface area contributed by atoms with E-state index < -0.39 is 6.10 Å².